The molecule has 0 aromatic carbocycles. The highest BCUT2D eigenvalue weighted by Gasteiger charge is 2.16. The van der Waals surface area contributed by atoms with Crippen molar-refractivity contribution in [2.75, 3.05) is 64.4 Å². The van der Waals surface area contributed by atoms with Gasteiger partial charge in [0.15, 0.2) is 0 Å². The number of nitrogens with zero attached hydrogens (tertiary/aromatic N) is 2. The van der Waals surface area contributed by atoms with Crippen LogP contribution in [-0.2, 0) is 0 Å². The maximum Gasteiger partial charge on any atom is 0.0107 e. The Morgan fingerprint density at radius 2 is 2.06 bits per heavy atom. The molecule has 100 valence electrons. The van der Waals surface area contributed by atoms with Gasteiger partial charge in [-0.05, 0) is 38.9 Å². The average Bonchev–Trinajstić information content (AvgIpc) is 2.36. The van der Waals surface area contributed by atoms with Crippen LogP contribution < -0.4 is 5.32 Å². The lowest BCUT2D eigenvalue weighted by Crippen LogP contribution is -2.41. The molecule has 0 aliphatic carbocycles. The topological polar surface area (TPSA) is 18.5 Å². The highest BCUT2D eigenvalue weighted by Crippen LogP contribution is 2.13. The highest BCUT2D eigenvalue weighted by molar-refractivity contribution is 7.99. The number of piperidine rings is 1. The third-order valence-electron chi connectivity index (χ3n) is 3.86. The molecule has 3 nitrogen and oxygen atoms in total. The largest absolute Gasteiger partial charge is 0.315 e. The third-order valence-corrected chi connectivity index (χ3v) is 4.81. The molecule has 1 N–H and O–H groups in total. The van der Waals surface area contributed by atoms with Gasteiger partial charge < -0.3 is 15.1 Å². The molecule has 2 saturated heterocycles. The van der Waals surface area contributed by atoms with Crippen molar-refractivity contribution in [1.29, 1.82) is 0 Å². The normalized spacial score (nSPS) is 28.4. The van der Waals surface area contributed by atoms with Crippen LogP contribution in [0.15, 0.2) is 0 Å². The summed E-state index contributed by atoms with van der Waals surface area (Å²) in [5.74, 6) is 3.53. The van der Waals surface area contributed by atoms with E-state index in [2.05, 4.69) is 33.9 Å². The fourth-order valence-corrected chi connectivity index (χ4v) is 3.79. The molecular weight excluding hydrogens is 230 g/mol. The van der Waals surface area contributed by atoms with Gasteiger partial charge in [0, 0.05) is 44.2 Å². The van der Waals surface area contributed by atoms with E-state index in [9.17, 15) is 0 Å². The van der Waals surface area contributed by atoms with Crippen molar-refractivity contribution < 1.29 is 0 Å². The lowest BCUT2D eigenvalue weighted by molar-refractivity contribution is 0.204. The maximum absolute atomic E-state index is 3.65. The van der Waals surface area contributed by atoms with E-state index in [0.717, 1.165) is 5.92 Å². The van der Waals surface area contributed by atoms with Crippen molar-refractivity contribution in [1.82, 2.24) is 15.1 Å². The smallest absolute Gasteiger partial charge is 0.0107 e. The van der Waals surface area contributed by atoms with E-state index in [0.29, 0.717) is 0 Å². The van der Waals surface area contributed by atoms with Crippen LogP contribution in [0, 0.1) is 5.92 Å². The Kier molecular flexibility index (Phi) is 6.12. The zero-order valence-corrected chi connectivity index (χ0v) is 12.0. The monoisotopic (exact) mass is 257 g/mol. The number of rotatable bonds is 5. The first kappa shape index (κ1) is 13.7. The Morgan fingerprint density at radius 3 is 2.82 bits per heavy atom. The van der Waals surface area contributed by atoms with Crippen LogP contribution in [0.5, 0.6) is 0 Å². The molecule has 0 bridgehead atoms. The zero-order valence-electron chi connectivity index (χ0n) is 11.2. The van der Waals surface area contributed by atoms with E-state index in [1.165, 1.54) is 70.2 Å². The minimum absolute atomic E-state index is 0.880. The summed E-state index contributed by atoms with van der Waals surface area (Å²) in [7, 11) is 2.25. The van der Waals surface area contributed by atoms with Gasteiger partial charge >= 0.3 is 0 Å². The Labute approximate surface area is 110 Å². The molecule has 2 aliphatic rings. The van der Waals surface area contributed by atoms with Crippen molar-refractivity contribution in [2.45, 2.75) is 12.8 Å². The summed E-state index contributed by atoms with van der Waals surface area (Å²) in [5, 5.41) is 3.65. The van der Waals surface area contributed by atoms with E-state index < -0.39 is 0 Å². The van der Waals surface area contributed by atoms with Gasteiger partial charge in [-0.15, -0.1) is 0 Å². The van der Waals surface area contributed by atoms with Crippen molar-refractivity contribution in [3.8, 4) is 0 Å². The lowest BCUT2D eigenvalue weighted by Gasteiger charge is -2.30. The van der Waals surface area contributed by atoms with Gasteiger partial charge in [0.05, 0.1) is 0 Å². The van der Waals surface area contributed by atoms with Gasteiger partial charge in [-0.3, -0.25) is 0 Å². The Balaban J connectivity index is 1.50. The quantitative estimate of drug-likeness (QED) is 0.739. The molecule has 0 amide bonds. The first-order valence-corrected chi connectivity index (χ1v) is 8.19. The van der Waals surface area contributed by atoms with E-state index in [4.69, 9.17) is 0 Å². The van der Waals surface area contributed by atoms with Crippen molar-refractivity contribution >= 4 is 11.8 Å². The van der Waals surface area contributed by atoms with Gasteiger partial charge in [0.1, 0.15) is 0 Å². The summed E-state index contributed by atoms with van der Waals surface area (Å²) in [6.07, 6.45) is 2.80. The van der Waals surface area contributed by atoms with Gasteiger partial charge in [-0.1, -0.05) is 0 Å². The molecule has 2 aliphatic heterocycles. The average molecular weight is 257 g/mol. The molecule has 2 rings (SSSR count). The van der Waals surface area contributed by atoms with Crippen molar-refractivity contribution in [3.63, 3.8) is 0 Å². The molecule has 2 heterocycles. The third kappa shape index (κ3) is 5.16. The molecule has 4 heteroatoms. The molecule has 0 aromatic heterocycles. The van der Waals surface area contributed by atoms with Crippen molar-refractivity contribution in [3.05, 3.63) is 0 Å². The maximum atomic E-state index is 3.65. The van der Waals surface area contributed by atoms with Crippen LogP contribution in [-0.4, -0.2) is 74.2 Å². The number of hydrogen-bond donors (Lipinski definition) is 1. The van der Waals surface area contributed by atoms with E-state index in [1.807, 2.05) is 0 Å². The first-order chi connectivity index (χ1) is 8.34. The van der Waals surface area contributed by atoms with Crippen LogP contribution in [0.3, 0.4) is 0 Å². The number of nitrogens with one attached hydrogen (secondary N) is 1. The Hall–Kier alpha value is 0.230. The molecular formula is C13H27N3S. The zero-order chi connectivity index (χ0) is 11.9. The van der Waals surface area contributed by atoms with Gasteiger partial charge in [-0.2, -0.15) is 11.8 Å². The van der Waals surface area contributed by atoms with Crippen molar-refractivity contribution in [2.24, 2.45) is 5.92 Å². The van der Waals surface area contributed by atoms with Crippen LogP contribution in [0.2, 0.25) is 0 Å². The standard InChI is InChI=1S/C13H27N3S/c1-15-5-2-3-13(12-15)11-14-4-6-16-7-9-17-10-8-16/h13-14H,2-12H2,1H3. The van der Waals surface area contributed by atoms with Gasteiger partial charge in [0.25, 0.3) is 0 Å². The molecule has 0 aromatic rings. The van der Waals surface area contributed by atoms with Crippen LogP contribution in [0.4, 0.5) is 0 Å². The summed E-state index contributed by atoms with van der Waals surface area (Å²) in [5.41, 5.74) is 0. The van der Waals surface area contributed by atoms with Crippen LogP contribution in [0.25, 0.3) is 0 Å². The van der Waals surface area contributed by atoms with E-state index >= 15 is 0 Å². The predicted octanol–water partition coefficient (Wildman–Crippen LogP) is 0.967. The minimum atomic E-state index is 0.880. The van der Waals surface area contributed by atoms with Gasteiger partial charge in [-0.25, -0.2) is 0 Å². The fourth-order valence-electron chi connectivity index (χ4n) is 2.81. The molecule has 1 atom stereocenters. The summed E-state index contributed by atoms with van der Waals surface area (Å²) >= 11 is 2.09. The highest BCUT2D eigenvalue weighted by atomic mass is 32.2. The predicted molar refractivity (Wildman–Crippen MR) is 76.9 cm³/mol. The Morgan fingerprint density at radius 1 is 1.24 bits per heavy atom. The summed E-state index contributed by atoms with van der Waals surface area (Å²) in [4.78, 5) is 5.06. The molecule has 0 radical (unpaired) electrons. The number of thioether (sulfide) groups is 1. The summed E-state index contributed by atoms with van der Waals surface area (Å²) in [6.45, 7) is 8.78. The van der Waals surface area contributed by atoms with E-state index in [-0.39, 0.29) is 0 Å². The Bertz CT molecular complexity index is 207. The minimum Gasteiger partial charge on any atom is -0.315 e. The molecule has 1 unspecified atom stereocenters. The summed E-state index contributed by atoms with van der Waals surface area (Å²) in [6, 6.07) is 0. The van der Waals surface area contributed by atoms with Gasteiger partial charge in [0.2, 0.25) is 0 Å². The van der Waals surface area contributed by atoms with Crippen LogP contribution >= 0.6 is 11.8 Å². The molecule has 17 heavy (non-hydrogen) atoms. The summed E-state index contributed by atoms with van der Waals surface area (Å²) < 4.78 is 0. The number of likely N-dealkylation sites (tertiary alicyclic amines) is 1. The lowest BCUT2D eigenvalue weighted by atomic mass is 9.98. The molecule has 2 fully saturated rings. The SMILES string of the molecule is CN1CCCC(CNCCN2CCSCC2)C1. The van der Waals surface area contributed by atoms with E-state index in [1.54, 1.807) is 0 Å². The second-order valence-electron chi connectivity index (χ2n) is 5.43. The number of hydrogen-bond acceptors (Lipinski definition) is 4. The molecule has 0 spiro atoms. The first-order valence-electron chi connectivity index (χ1n) is 7.04. The second kappa shape index (κ2) is 7.62. The fraction of sp³-hybridized carbons (Fsp3) is 1.00. The molecule has 0 saturated carbocycles. The second-order valence-corrected chi connectivity index (χ2v) is 6.65. The van der Waals surface area contributed by atoms with Crippen LogP contribution in [0.1, 0.15) is 12.8 Å².